The van der Waals surface area contributed by atoms with Gasteiger partial charge in [0.05, 0.1) is 6.61 Å². The molecule has 0 amide bonds. The zero-order valence-electron chi connectivity index (χ0n) is 15.9. The first-order chi connectivity index (χ1) is 10.6. The van der Waals surface area contributed by atoms with E-state index >= 15 is 0 Å². The fraction of sp³-hybridized carbons (Fsp3) is 0.368. The Morgan fingerprint density at radius 3 is 2.52 bits per heavy atom. The van der Waals surface area contributed by atoms with Crippen molar-refractivity contribution in [3.63, 3.8) is 0 Å². The third-order valence-electron chi connectivity index (χ3n) is 4.37. The average Bonchev–Trinajstić information content (AvgIpc) is 2.88. The van der Waals surface area contributed by atoms with E-state index in [2.05, 4.69) is 37.2 Å². The minimum atomic E-state index is -0.444. The van der Waals surface area contributed by atoms with Crippen LogP contribution in [-0.4, -0.2) is 48.6 Å². The number of ether oxygens (including phenoxy) is 1. The maximum absolute atomic E-state index is 13.3. The number of nitrogens with zero attached hydrogens (tertiary/aromatic N) is 1. The van der Waals surface area contributed by atoms with Crippen LogP contribution in [0, 0.1) is 5.82 Å². The topological polar surface area (TPSA) is 12.5 Å². The number of rotatable bonds is 5. The molecule has 0 saturated heterocycles. The van der Waals surface area contributed by atoms with Crippen LogP contribution < -0.4 is 0 Å². The van der Waals surface area contributed by atoms with E-state index in [4.69, 9.17) is 4.74 Å². The second-order valence-corrected chi connectivity index (χ2v) is 6.19. The molecule has 1 heterocycles. The van der Waals surface area contributed by atoms with Crippen LogP contribution in [0.25, 0.3) is 0 Å². The summed E-state index contributed by atoms with van der Waals surface area (Å²) in [5.74, 6) is -0.210. The predicted molar refractivity (Wildman–Crippen MR) is 94.2 cm³/mol. The number of fused-ring (bicyclic) bond motifs is 1. The van der Waals surface area contributed by atoms with E-state index in [1.54, 1.807) is 0 Å². The maximum atomic E-state index is 13.3. The van der Waals surface area contributed by atoms with Crippen LogP contribution in [0.2, 0.25) is 0 Å². The quantitative estimate of drug-likeness (QED) is 0.776. The van der Waals surface area contributed by atoms with Crippen molar-refractivity contribution in [1.82, 2.24) is 4.90 Å². The summed E-state index contributed by atoms with van der Waals surface area (Å²) in [6.45, 7) is 1.63. The van der Waals surface area contributed by atoms with Crippen molar-refractivity contribution in [1.29, 1.82) is 0 Å². The van der Waals surface area contributed by atoms with Gasteiger partial charge in [-0.2, -0.15) is 0 Å². The van der Waals surface area contributed by atoms with Crippen molar-refractivity contribution in [3.05, 3.63) is 71.0 Å². The Kier molecular flexibility index (Phi) is 6.20. The number of hydrogen-bond donors (Lipinski definition) is 0. The van der Waals surface area contributed by atoms with Gasteiger partial charge in [0, 0.05) is 0 Å². The van der Waals surface area contributed by atoms with Gasteiger partial charge in [-0.15, -0.1) is 0 Å². The Balaban J connectivity index is 0.00000192. The van der Waals surface area contributed by atoms with Crippen LogP contribution in [0.1, 0.15) is 32.4 Å². The van der Waals surface area contributed by atoms with Gasteiger partial charge < -0.3 is 12.5 Å². The molecule has 2 aromatic rings. The molecule has 120 valence electrons. The molecule has 1 aliphatic rings. The molecule has 0 bridgehead atoms. The van der Waals surface area contributed by atoms with Gasteiger partial charge in [0.2, 0.25) is 0 Å². The third kappa shape index (κ3) is 3.77. The minimum Gasteiger partial charge on any atom is -1.00 e. The molecule has 0 aliphatic carbocycles. The largest absolute Gasteiger partial charge is 2.00 e. The Hall–Kier alpha value is -0.944. The summed E-state index contributed by atoms with van der Waals surface area (Å²) in [7, 11) is 4.15. The molecule has 0 spiro atoms. The fourth-order valence-electron chi connectivity index (χ4n) is 3.27. The SMILES string of the molecule is CN(C)CCCC1(c2ccc(F)cc2)OCc2ccccc21.[H-].[H-].[Mg+2]. The monoisotopic (exact) mass is 325 g/mol. The van der Waals surface area contributed by atoms with E-state index in [1.165, 1.54) is 23.3 Å². The first-order valence-electron chi connectivity index (χ1n) is 7.75. The molecule has 0 aromatic heterocycles. The summed E-state index contributed by atoms with van der Waals surface area (Å²) in [6, 6.07) is 15.1. The molecule has 0 radical (unpaired) electrons. The summed E-state index contributed by atoms with van der Waals surface area (Å²) in [5.41, 5.74) is 3.05. The van der Waals surface area contributed by atoms with Gasteiger partial charge in [0.15, 0.2) is 0 Å². The molecule has 4 heteroatoms. The van der Waals surface area contributed by atoms with Crippen molar-refractivity contribution in [2.45, 2.75) is 25.0 Å². The molecule has 2 nitrogen and oxygen atoms in total. The van der Waals surface area contributed by atoms with E-state index in [1.807, 2.05) is 18.2 Å². The van der Waals surface area contributed by atoms with E-state index in [0.717, 1.165) is 24.9 Å². The summed E-state index contributed by atoms with van der Waals surface area (Å²) < 4.78 is 19.6. The Labute approximate surface area is 156 Å². The van der Waals surface area contributed by atoms with E-state index < -0.39 is 5.60 Å². The third-order valence-corrected chi connectivity index (χ3v) is 4.37. The van der Waals surface area contributed by atoms with Crippen LogP contribution >= 0.6 is 0 Å². The molecule has 1 aliphatic heterocycles. The second kappa shape index (κ2) is 7.75. The second-order valence-electron chi connectivity index (χ2n) is 6.19. The molecule has 3 rings (SSSR count). The van der Waals surface area contributed by atoms with Crippen molar-refractivity contribution in [2.24, 2.45) is 0 Å². The van der Waals surface area contributed by atoms with E-state index in [0.29, 0.717) is 6.61 Å². The first-order valence-corrected chi connectivity index (χ1v) is 7.75. The smallest absolute Gasteiger partial charge is 1.00 e. The Morgan fingerprint density at radius 2 is 1.83 bits per heavy atom. The molecule has 1 unspecified atom stereocenters. The van der Waals surface area contributed by atoms with Gasteiger partial charge in [-0.1, -0.05) is 36.4 Å². The zero-order valence-corrected chi connectivity index (χ0v) is 15.3. The van der Waals surface area contributed by atoms with Crippen molar-refractivity contribution in [3.8, 4) is 0 Å². The number of halogens is 1. The standard InChI is InChI=1S/C19H22FNO.Mg.2H/c1-21(2)13-5-12-19(16-8-10-17(20)11-9-16)18-7-4-3-6-15(18)14-22-19;;;/h3-4,6-11H,5,12-14H2,1-2H3;;;/q;+2;2*-1. The molecule has 1 atom stereocenters. The molecule has 2 aromatic carbocycles. The molecule has 0 N–H and O–H groups in total. The van der Waals surface area contributed by atoms with Gasteiger partial charge in [0.1, 0.15) is 11.4 Å². The zero-order chi connectivity index (χ0) is 15.6. The summed E-state index contributed by atoms with van der Waals surface area (Å²) in [6.07, 6.45) is 1.92. The average molecular weight is 326 g/mol. The summed E-state index contributed by atoms with van der Waals surface area (Å²) in [5, 5.41) is 0. The van der Waals surface area contributed by atoms with Gasteiger partial charge in [0.25, 0.3) is 0 Å². The number of hydrogen-bond acceptors (Lipinski definition) is 2. The normalized spacial score (nSPS) is 19.5. The van der Waals surface area contributed by atoms with Gasteiger partial charge in [-0.25, -0.2) is 4.39 Å². The van der Waals surface area contributed by atoms with Crippen LogP contribution in [-0.2, 0) is 16.9 Å². The Bertz CT molecular complexity index is 654. The van der Waals surface area contributed by atoms with Crippen LogP contribution in [0.15, 0.2) is 48.5 Å². The Morgan fingerprint density at radius 1 is 1.13 bits per heavy atom. The van der Waals surface area contributed by atoms with Crippen molar-refractivity contribution < 1.29 is 12.0 Å². The first kappa shape index (κ1) is 18.4. The molecule has 0 fully saturated rings. The predicted octanol–water partition coefficient (Wildman–Crippen LogP) is 3.79. The fourth-order valence-corrected chi connectivity index (χ4v) is 3.27. The molecular formula is C19H24FMgNO. The van der Waals surface area contributed by atoms with E-state index in [9.17, 15) is 4.39 Å². The minimum absolute atomic E-state index is 0. The van der Waals surface area contributed by atoms with Gasteiger partial charge in [-0.05, 0) is 62.3 Å². The number of benzene rings is 2. The summed E-state index contributed by atoms with van der Waals surface area (Å²) >= 11 is 0. The van der Waals surface area contributed by atoms with Gasteiger partial charge in [-0.3, -0.25) is 0 Å². The van der Waals surface area contributed by atoms with Gasteiger partial charge >= 0.3 is 23.1 Å². The van der Waals surface area contributed by atoms with E-state index in [-0.39, 0.29) is 31.7 Å². The van der Waals surface area contributed by atoms with Crippen LogP contribution in [0.5, 0.6) is 0 Å². The molecule has 23 heavy (non-hydrogen) atoms. The van der Waals surface area contributed by atoms with Crippen LogP contribution in [0.4, 0.5) is 4.39 Å². The molecule has 0 saturated carbocycles. The van der Waals surface area contributed by atoms with Crippen molar-refractivity contribution >= 4 is 23.1 Å². The summed E-state index contributed by atoms with van der Waals surface area (Å²) in [4.78, 5) is 2.18. The van der Waals surface area contributed by atoms with Crippen molar-refractivity contribution in [2.75, 3.05) is 20.6 Å². The van der Waals surface area contributed by atoms with Crippen LogP contribution in [0.3, 0.4) is 0 Å². The maximum Gasteiger partial charge on any atom is 2.00 e. The molecular weight excluding hydrogens is 302 g/mol.